The van der Waals surface area contributed by atoms with Crippen molar-refractivity contribution in [3.63, 3.8) is 0 Å². The highest BCUT2D eigenvalue weighted by molar-refractivity contribution is 5.90. The Kier molecular flexibility index (Phi) is 14.1. The Morgan fingerprint density at radius 2 is 1.32 bits per heavy atom. The van der Waals surface area contributed by atoms with E-state index in [1.165, 1.54) is 83.5 Å². The van der Waals surface area contributed by atoms with Crippen molar-refractivity contribution in [2.45, 2.75) is 104 Å². The molecule has 0 heterocycles. The number of hydrogen-bond acceptors (Lipinski definition) is 2. The smallest absolute Gasteiger partial charge is 0.319 e. The molecule has 0 bridgehead atoms. The van der Waals surface area contributed by atoms with Crippen LogP contribution < -0.4 is 10.6 Å². The van der Waals surface area contributed by atoms with Crippen molar-refractivity contribution in [3.8, 4) is 5.75 Å². The van der Waals surface area contributed by atoms with Crippen molar-refractivity contribution in [1.82, 2.24) is 5.32 Å². The molecule has 0 aliphatic rings. The van der Waals surface area contributed by atoms with E-state index >= 15 is 0 Å². The van der Waals surface area contributed by atoms with Crippen molar-refractivity contribution in [1.29, 1.82) is 0 Å². The molecule has 4 nitrogen and oxygen atoms in total. The number of anilines is 1. The number of phenolic OH excluding ortho intramolecular Hbond substituents is 1. The van der Waals surface area contributed by atoms with E-state index in [0.29, 0.717) is 6.54 Å². The number of rotatable bonds is 16. The van der Waals surface area contributed by atoms with Crippen LogP contribution in [0.3, 0.4) is 0 Å². The van der Waals surface area contributed by atoms with Gasteiger partial charge in [-0.1, -0.05) is 90.4 Å². The van der Waals surface area contributed by atoms with Crippen LogP contribution in [0.5, 0.6) is 5.75 Å². The van der Waals surface area contributed by atoms with E-state index in [4.69, 9.17) is 0 Å². The fourth-order valence-electron chi connectivity index (χ4n) is 3.48. The van der Waals surface area contributed by atoms with Crippen LogP contribution in [0.4, 0.5) is 10.5 Å². The maximum atomic E-state index is 11.9. The molecule has 1 aromatic rings. The fourth-order valence-corrected chi connectivity index (χ4v) is 3.48. The van der Waals surface area contributed by atoms with Crippen LogP contribution in [0.1, 0.15) is 102 Å². The van der Waals surface area contributed by atoms with E-state index in [-0.39, 0.29) is 11.8 Å². The molecule has 3 N–H and O–H groups in total. The van der Waals surface area contributed by atoms with E-state index in [0.717, 1.165) is 17.7 Å². The molecule has 0 saturated heterocycles. The molecule has 0 spiro atoms. The summed E-state index contributed by atoms with van der Waals surface area (Å²) in [6, 6.07) is 4.76. The van der Waals surface area contributed by atoms with Crippen molar-refractivity contribution in [2.24, 2.45) is 0 Å². The number of hydrogen-bond donors (Lipinski definition) is 3. The molecule has 0 aliphatic carbocycles. The second-order valence-corrected chi connectivity index (χ2v) is 7.98. The average Bonchev–Trinajstić information content (AvgIpc) is 2.67. The summed E-state index contributed by atoms with van der Waals surface area (Å²) in [7, 11) is 0. The molecule has 0 aliphatic heterocycles. The van der Waals surface area contributed by atoms with Crippen LogP contribution in [0.2, 0.25) is 0 Å². The first kappa shape index (κ1) is 24.3. The summed E-state index contributed by atoms with van der Waals surface area (Å²) in [4.78, 5) is 11.9. The summed E-state index contributed by atoms with van der Waals surface area (Å²) in [5.74, 6) is 0.214. The third-order valence-electron chi connectivity index (χ3n) is 5.27. The number of benzene rings is 1. The molecule has 4 heteroatoms. The largest absolute Gasteiger partial charge is 0.508 e. The molecule has 0 fully saturated rings. The summed E-state index contributed by atoms with van der Waals surface area (Å²) in [5, 5.41) is 15.1. The van der Waals surface area contributed by atoms with E-state index < -0.39 is 0 Å². The number of aryl methyl sites for hydroxylation is 1. The van der Waals surface area contributed by atoms with Crippen LogP contribution in [-0.4, -0.2) is 17.7 Å². The van der Waals surface area contributed by atoms with E-state index in [1.54, 1.807) is 18.2 Å². The highest BCUT2D eigenvalue weighted by Crippen LogP contribution is 2.19. The Hall–Kier alpha value is -1.71. The Morgan fingerprint density at radius 1 is 0.821 bits per heavy atom. The summed E-state index contributed by atoms with van der Waals surface area (Å²) < 4.78 is 0. The third-order valence-corrected chi connectivity index (χ3v) is 5.27. The predicted molar refractivity (Wildman–Crippen MR) is 120 cm³/mol. The molecule has 0 saturated carbocycles. The number of carbonyl (C=O) groups is 1. The first-order valence-corrected chi connectivity index (χ1v) is 11.5. The summed E-state index contributed by atoms with van der Waals surface area (Å²) in [6.45, 7) is 4.84. The molecular formula is C24H42N2O2. The van der Waals surface area contributed by atoms with E-state index in [2.05, 4.69) is 17.6 Å². The van der Waals surface area contributed by atoms with Gasteiger partial charge in [0.05, 0.1) is 0 Å². The zero-order valence-corrected chi connectivity index (χ0v) is 18.2. The number of urea groups is 1. The lowest BCUT2D eigenvalue weighted by Gasteiger charge is -2.10. The SMILES string of the molecule is CCCCCCCCCCCCCCCCNC(=O)Nc1ccc(O)cc1C. The molecule has 28 heavy (non-hydrogen) atoms. The Balaban J connectivity index is 1.86. The average molecular weight is 391 g/mol. The van der Waals surface area contributed by atoms with Gasteiger partial charge in [-0.05, 0) is 37.1 Å². The van der Waals surface area contributed by atoms with Crippen LogP contribution in [-0.2, 0) is 0 Å². The summed E-state index contributed by atoms with van der Waals surface area (Å²) >= 11 is 0. The van der Waals surface area contributed by atoms with Gasteiger partial charge in [0, 0.05) is 12.2 Å². The molecular weight excluding hydrogens is 348 g/mol. The van der Waals surface area contributed by atoms with Crippen molar-refractivity contribution in [2.75, 3.05) is 11.9 Å². The lowest BCUT2D eigenvalue weighted by atomic mass is 10.0. The lowest BCUT2D eigenvalue weighted by Crippen LogP contribution is -2.29. The third kappa shape index (κ3) is 12.6. The van der Waals surface area contributed by atoms with Gasteiger partial charge in [-0.2, -0.15) is 0 Å². The van der Waals surface area contributed by atoms with Gasteiger partial charge < -0.3 is 15.7 Å². The quantitative estimate of drug-likeness (QED) is 0.205. The first-order chi connectivity index (χ1) is 13.6. The van der Waals surface area contributed by atoms with Crippen LogP contribution in [0, 0.1) is 6.92 Å². The van der Waals surface area contributed by atoms with Gasteiger partial charge in [-0.25, -0.2) is 4.79 Å². The van der Waals surface area contributed by atoms with Crippen molar-refractivity contribution in [3.05, 3.63) is 23.8 Å². The van der Waals surface area contributed by atoms with Gasteiger partial charge >= 0.3 is 6.03 Å². The van der Waals surface area contributed by atoms with Gasteiger partial charge in [0.2, 0.25) is 0 Å². The Bertz CT molecular complexity index is 531. The van der Waals surface area contributed by atoms with Crippen molar-refractivity contribution >= 4 is 11.7 Å². The zero-order chi connectivity index (χ0) is 20.5. The van der Waals surface area contributed by atoms with Crippen LogP contribution in [0.25, 0.3) is 0 Å². The zero-order valence-electron chi connectivity index (χ0n) is 18.2. The molecule has 160 valence electrons. The number of carbonyl (C=O) groups excluding carboxylic acids is 1. The monoisotopic (exact) mass is 390 g/mol. The lowest BCUT2D eigenvalue weighted by molar-refractivity contribution is 0.252. The first-order valence-electron chi connectivity index (χ1n) is 11.5. The minimum absolute atomic E-state index is 0.177. The minimum atomic E-state index is -0.177. The summed E-state index contributed by atoms with van der Waals surface area (Å²) in [5.41, 5.74) is 1.59. The summed E-state index contributed by atoms with van der Waals surface area (Å²) in [6.07, 6.45) is 18.7. The molecule has 0 unspecified atom stereocenters. The fraction of sp³-hybridized carbons (Fsp3) is 0.708. The number of aromatic hydroxyl groups is 1. The van der Waals surface area contributed by atoms with Gasteiger partial charge in [0.25, 0.3) is 0 Å². The van der Waals surface area contributed by atoms with Gasteiger partial charge in [0.1, 0.15) is 5.75 Å². The van der Waals surface area contributed by atoms with E-state index in [9.17, 15) is 9.90 Å². The highest BCUT2D eigenvalue weighted by Gasteiger charge is 2.04. The molecule has 2 amide bonds. The van der Waals surface area contributed by atoms with Gasteiger partial charge in [-0.15, -0.1) is 0 Å². The standard InChI is InChI=1S/C24H42N2O2/c1-3-4-5-6-7-8-9-10-11-12-13-14-15-16-19-25-24(28)26-23-18-17-22(27)20-21(23)2/h17-18,20,27H,3-16,19H2,1-2H3,(H2,25,26,28). The molecule has 0 aromatic heterocycles. The highest BCUT2D eigenvalue weighted by atomic mass is 16.3. The molecule has 1 rings (SSSR count). The number of nitrogens with one attached hydrogen (secondary N) is 2. The van der Waals surface area contributed by atoms with Gasteiger partial charge in [-0.3, -0.25) is 0 Å². The minimum Gasteiger partial charge on any atom is -0.508 e. The number of amides is 2. The van der Waals surface area contributed by atoms with Crippen LogP contribution in [0.15, 0.2) is 18.2 Å². The van der Waals surface area contributed by atoms with E-state index in [1.807, 2.05) is 6.92 Å². The second kappa shape index (κ2) is 16.3. The van der Waals surface area contributed by atoms with Crippen molar-refractivity contribution < 1.29 is 9.90 Å². The number of unbranched alkanes of at least 4 members (excludes halogenated alkanes) is 13. The second-order valence-electron chi connectivity index (χ2n) is 7.98. The van der Waals surface area contributed by atoms with Gasteiger partial charge in [0.15, 0.2) is 0 Å². The Labute approximate surface area is 172 Å². The molecule has 1 aromatic carbocycles. The topological polar surface area (TPSA) is 61.4 Å². The number of phenols is 1. The molecule has 0 atom stereocenters. The Morgan fingerprint density at radius 3 is 1.82 bits per heavy atom. The predicted octanol–water partition coefficient (Wildman–Crippen LogP) is 7.30. The maximum absolute atomic E-state index is 11.9. The normalized spacial score (nSPS) is 10.8. The molecule has 0 radical (unpaired) electrons. The maximum Gasteiger partial charge on any atom is 0.319 e. The van der Waals surface area contributed by atoms with Crippen LogP contribution >= 0.6 is 0 Å².